The van der Waals surface area contributed by atoms with Gasteiger partial charge in [0.05, 0.1) is 26.7 Å². The van der Waals surface area contributed by atoms with Crippen LogP contribution in [-0.4, -0.2) is 59.8 Å². The summed E-state index contributed by atoms with van der Waals surface area (Å²) in [6, 6.07) is 0.969. The zero-order valence-corrected chi connectivity index (χ0v) is 31.1. The van der Waals surface area contributed by atoms with Crippen molar-refractivity contribution in [1.82, 2.24) is 0 Å². The van der Waals surface area contributed by atoms with E-state index in [1.165, 1.54) is 153 Å². The fraction of sp³-hybridized carbons (Fsp3) is 1.00. The van der Waals surface area contributed by atoms with Crippen LogP contribution in [0.2, 0.25) is 6.04 Å². The summed E-state index contributed by atoms with van der Waals surface area (Å²) in [5, 5.41) is 0. The van der Waals surface area contributed by atoms with E-state index in [2.05, 4.69) is 41.7 Å². The highest BCUT2D eigenvalue weighted by molar-refractivity contribution is 6.60. The van der Waals surface area contributed by atoms with Gasteiger partial charge in [0, 0.05) is 32.3 Å². The first kappa shape index (κ1) is 42.1. The van der Waals surface area contributed by atoms with Crippen molar-refractivity contribution in [3.05, 3.63) is 0 Å². The maximum atomic E-state index is 6.42. The standard InChI is InChI=1S/C37H80NO3Si/c1-7-12-14-16-18-20-22-24-26-28-31-38(6,32-29-27-25-23-21-19-17-15-13-8-2)33-30-37-42(39-34-9-3,40-35-10-4)41-36-11-5/h7-37H2,1-6H3/q+1. The Balaban J connectivity index is 4.78. The molecule has 0 fully saturated rings. The van der Waals surface area contributed by atoms with Gasteiger partial charge in [-0.1, -0.05) is 137 Å². The van der Waals surface area contributed by atoms with Crippen LogP contribution in [0.1, 0.15) is 189 Å². The van der Waals surface area contributed by atoms with Gasteiger partial charge in [-0.05, 0) is 44.9 Å². The molecule has 0 aliphatic rings. The van der Waals surface area contributed by atoms with E-state index in [1.54, 1.807) is 0 Å². The lowest BCUT2D eigenvalue weighted by molar-refractivity contribution is -0.910. The van der Waals surface area contributed by atoms with Crippen LogP contribution in [0.4, 0.5) is 0 Å². The summed E-state index contributed by atoms with van der Waals surface area (Å²) >= 11 is 0. The highest BCUT2D eigenvalue weighted by atomic mass is 28.4. The first-order chi connectivity index (χ1) is 20.5. The third-order valence-corrected chi connectivity index (χ3v) is 11.8. The van der Waals surface area contributed by atoms with Gasteiger partial charge in [-0.2, -0.15) is 0 Å². The minimum atomic E-state index is -2.60. The molecule has 0 spiro atoms. The van der Waals surface area contributed by atoms with Crippen LogP contribution in [-0.2, 0) is 13.3 Å². The Morgan fingerprint density at radius 3 is 0.952 bits per heavy atom. The molecule has 0 aliphatic carbocycles. The number of rotatable bonds is 35. The maximum absolute atomic E-state index is 6.42. The number of quaternary nitrogens is 1. The molecule has 0 saturated heterocycles. The smallest absolute Gasteiger partial charge is 0.373 e. The molecule has 0 heterocycles. The van der Waals surface area contributed by atoms with Gasteiger partial charge in [0.15, 0.2) is 0 Å². The summed E-state index contributed by atoms with van der Waals surface area (Å²) in [6.07, 6.45) is 32.5. The molecule has 0 bridgehead atoms. The minimum Gasteiger partial charge on any atom is -0.373 e. The second-order valence-electron chi connectivity index (χ2n) is 13.5. The Morgan fingerprint density at radius 2 is 0.643 bits per heavy atom. The van der Waals surface area contributed by atoms with E-state index in [4.69, 9.17) is 13.3 Å². The van der Waals surface area contributed by atoms with Crippen molar-refractivity contribution in [2.75, 3.05) is 46.5 Å². The van der Waals surface area contributed by atoms with Crippen molar-refractivity contribution in [3.63, 3.8) is 0 Å². The average molecular weight is 615 g/mol. The van der Waals surface area contributed by atoms with Crippen LogP contribution in [0.3, 0.4) is 0 Å². The molecule has 0 atom stereocenters. The zero-order valence-electron chi connectivity index (χ0n) is 30.1. The predicted molar refractivity (Wildman–Crippen MR) is 188 cm³/mol. The quantitative estimate of drug-likeness (QED) is 0.0404. The van der Waals surface area contributed by atoms with Crippen molar-refractivity contribution < 1.29 is 17.8 Å². The van der Waals surface area contributed by atoms with E-state index in [0.717, 1.165) is 51.5 Å². The second kappa shape index (κ2) is 31.1. The highest BCUT2D eigenvalue weighted by Crippen LogP contribution is 2.22. The van der Waals surface area contributed by atoms with Crippen LogP contribution >= 0.6 is 0 Å². The van der Waals surface area contributed by atoms with Gasteiger partial charge in [0.25, 0.3) is 0 Å². The minimum absolute atomic E-state index is 0.753. The lowest BCUT2D eigenvalue weighted by atomic mass is 10.1. The van der Waals surface area contributed by atoms with Gasteiger partial charge in [-0.3, -0.25) is 0 Å². The van der Waals surface area contributed by atoms with Gasteiger partial charge < -0.3 is 17.8 Å². The van der Waals surface area contributed by atoms with Gasteiger partial charge in [0.1, 0.15) is 0 Å². The highest BCUT2D eigenvalue weighted by Gasteiger charge is 2.41. The van der Waals surface area contributed by atoms with Gasteiger partial charge in [0.2, 0.25) is 0 Å². The Hall–Kier alpha value is 0.0569. The van der Waals surface area contributed by atoms with Gasteiger partial charge in [-0.15, -0.1) is 0 Å². The van der Waals surface area contributed by atoms with Crippen molar-refractivity contribution in [1.29, 1.82) is 0 Å². The molecule has 0 rings (SSSR count). The lowest BCUT2D eigenvalue weighted by Crippen LogP contribution is -2.50. The number of nitrogens with zero attached hydrogens (tertiary/aromatic N) is 1. The SMILES string of the molecule is CCCCCCCCCCCC[N+](C)(CCCCCCCCCCCC)CCC[Si](OCCC)(OCCC)OCCC. The van der Waals surface area contributed by atoms with Crippen LogP contribution in [0.5, 0.6) is 0 Å². The summed E-state index contributed by atoms with van der Waals surface area (Å²) in [7, 11) is -0.0601. The fourth-order valence-corrected chi connectivity index (χ4v) is 8.91. The van der Waals surface area contributed by atoms with E-state index in [-0.39, 0.29) is 0 Å². The molecule has 0 unspecified atom stereocenters. The average Bonchev–Trinajstić information content (AvgIpc) is 2.99. The summed E-state index contributed by atoms with van der Waals surface area (Å²) in [4.78, 5) is 0. The molecule has 0 aliphatic heterocycles. The number of unbranched alkanes of at least 4 members (excludes halogenated alkanes) is 18. The van der Waals surface area contributed by atoms with Crippen LogP contribution in [0.15, 0.2) is 0 Å². The Kier molecular flexibility index (Phi) is 31.1. The summed E-state index contributed by atoms with van der Waals surface area (Å²) in [6.45, 7) is 17.3. The maximum Gasteiger partial charge on any atom is 0.501 e. The Morgan fingerprint density at radius 1 is 0.357 bits per heavy atom. The van der Waals surface area contributed by atoms with E-state index in [0.29, 0.717) is 0 Å². The molecular formula is C37H80NO3Si+. The zero-order chi connectivity index (χ0) is 31.0. The van der Waals surface area contributed by atoms with E-state index in [9.17, 15) is 0 Å². The van der Waals surface area contributed by atoms with Crippen LogP contribution < -0.4 is 0 Å². The number of hydrogen-bond acceptors (Lipinski definition) is 3. The molecule has 0 saturated carbocycles. The van der Waals surface area contributed by atoms with Gasteiger partial charge >= 0.3 is 8.80 Å². The predicted octanol–water partition coefficient (Wildman–Crippen LogP) is 11.9. The molecule has 0 amide bonds. The van der Waals surface area contributed by atoms with Crippen molar-refractivity contribution in [2.45, 2.75) is 195 Å². The van der Waals surface area contributed by atoms with Crippen LogP contribution in [0.25, 0.3) is 0 Å². The molecule has 42 heavy (non-hydrogen) atoms. The Bertz CT molecular complexity index is 487. The first-order valence-corrected chi connectivity index (χ1v) is 21.2. The number of hydrogen-bond donors (Lipinski definition) is 0. The van der Waals surface area contributed by atoms with Gasteiger partial charge in [-0.25, -0.2) is 0 Å². The lowest BCUT2D eigenvalue weighted by Gasteiger charge is -2.36. The fourth-order valence-electron chi connectivity index (χ4n) is 6.09. The normalized spacial score (nSPS) is 12.4. The first-order valence-electron chi connectivity index (χ1n) is 19.3. The summed E-state index contributed by atoms with van der Waals surface area (Å²) in [5.41, 5.74) is 0. The Labute approximate surface area is 267 Å². The largest absolute Gasteiger partial charge is 0.501 e. The summed E-state index contributed by atoms with van der Waals surface area (Å²) < 4.78 is 20.5. The molecule has 254 valence electrons. The van der Waals surface area contributed by atoms with E-state index >= 15 is 0 Å². The summed E-state index contributed by atoms with van der Waals surface area (Å²) in [5.74, 6) is 0. The molecule has 5 heteroatoms. The molecule has 4 nitrogen and oxygen atoms in total. The van der Waals surface area contributed by atoms with E-state index < -0.39 is 8.80 Å². The molecule has 0 aromatic carbocycles. The molecule has 0 aromatic rings. The van der Waals surface area contributed by atoms with Crippen LogP contribution in [0, 0.1) is 0 Å². The van der Waals surface area contributed by atoms with Crippen molar-refractivity contribution in [2.24, 2.45) is 0 Å². The topological polar surface area (TPSA) is 27.7 Å². The monoisotopic (exact) mass is 615 g/mol. The van der Waals surface area contributed by atoms with E-state index in [1.807, 2.05) is 0 Å². The molecule has 0 aromatic heterocycles. The molecule has 0 radical (unpaired) electrons. The van der Waals surface area contributed by atoms with Crippen molar-refractivity contribution >= 4 is 8.80 Å². The second-order valence-corrected chi connectivity index (χ2v) is 16.2. The molecular weight excluding hydrogens is 534 g/mol. The third kappa shape index (κ3) is 25.4. The van der Waals surface area contributed by atoms with Crippen molar-refractivity contribution in [3.8, 4) is 0 Å². The molecule has 0 N–H and O–H groups in total. The third-order valence-electron chi connectivity index (χ3n) is 8.86.